The van der Waals surface area contributed by atoms with Crippen molar-refractivity contribution in [3.63, 3.8) is 0 Å². The lowest BCUT2D eigenvalue weighted by atomic mass is 9.75. The van der Waals surface area contributed by atoms with Gasteiger partial charge in [0.15, 0.2) is 0 Å². The number of nitrogens with zero attached hydrogens (tertiary/aromatic N) is 1. The van der Waals surface area contributed by atoms with E-state index in [1.54, 1.807) is 24.4 Å². The third kappa shape index (κ3) is 3.54. The van der Waals surface area contributed by atoms with E-state index in [0.717, 1.165) is 43.0 Å². The van der Waals surface area contributed by atoms with Crippen LogP contribution < -0.4 is 5.32 Å². The minimum atomic E-state index is -0.710. The van der Waals surface area contributed by atoms with Crippen LogP contribution in [0.2, 0.25) is 5.02 Å². The van der Waals surface area contributed by atoms with E-state index in [0.29, 0.717) is 11.6 Å². The van der Waals surface area contributed by atoms with Gasteiger partial charge in [-0.15, -0.1) is 0 Å². The topological polar surface area (TPSA) is 45.1 Å². The fraction of sp³-hybridized carbons (Fsp3) is 0.375. The average molecular weight is 429 g/mol. The van der Waals surface area contributed by atoms with Gasteiger partial charge in [-0.3, -0.25) is 4.98 Å². The highest BCUT2D eigenvalue weighted by atomic mass is 35.5. The first-order valence-corrected chi connectivity index (χ1v) is 10.8. The Bertz CT molecular complexity index is 1100. The molecule has 0 amide bonds. The zero-order chi connectivity index (χ0) is 20.9. The molecule has 0 radical (unpaired) electrons. The average Bonchev–Trinajstić information content (AvgIpc) is 3.44. The summed E-state index contributed by atoms with van der Waals surface area (Å²) in [7, 11) is 0. The summed E-state index contributed by atoms with van der Waals surface area (Å²) in [4.78, 5) is 4.36. The second-order valence-corrected chi connectivity index (χ2v) is 9.13. The fourth-order valence-electron chi connectivity index (χ4n) is 5.26. The van der Waals surface area contributed by atoms with Crippen molar-refractivity contribution in [2.45, 2.75) is 44.2 Å². The molecule has 2 atom stereocenters. The minimum absolute atomic E-state index is 0.0692. The maximum absolute atomic E-state index is 13.8. The molecule has 2 N–H and O–H groups in total. The zero-order valence-corrected chi connectivity index (χ0v) is 17.2. The van der Waals surface area contributed by atoms with Crippen molar-refractivity contribution in [3.05, 3.63) is 70.9 Å². The Morgan fingerprint density at radius 3 is 2.67 bits per heavy atom. The molecule has 2 fully saturated rings. The molecule has 5 rings (SSSR count). The van der Waals surface area contributed by atoms with Gasteiger partial charge in [0.2, 0.25) is 0 Å². The van der Waals surface area contributed by atoms with Gasteiger partial charge in [-0.2, -0.15) is 0 Å². The Morgan fingerprint density at radius 2 is 1.90 bits per heavy atom. The number of benzene rings is 2. The molecule has 2 aliphatic carbocycles. The zero-order valence-electron chi connectivity index (χ0n) is 16.4. The predicted molar refractivity (Wildman–Crippen MR) is 114 cm³/mol. The van der Waals surface area contributed by atoms with Gasteiger partial charge in [0.05, 0.1) is 10.5 Å². The number of fused-ring (bicyclic) bond motifs is 1. The lowest BCUT2D eigenvalue weighted by molar-refractivity contribution is 0.143. The number of hydrogen-bond acceptors (Lipinski definition) is 3. The van der Waals surface area contributed by atoms with E-state index < -0.39 is 12.0 Å². The summed E-state index contributed by atoms with van der Waals surface area (Å²) in [5.41, 5.74) is 2.67. The molecule has 1 spiro atoms. The number of aliphatic hydroxyl groups excluding tert-OH is 1. The summed E-state index contributed by atoms with van der Waals surface area (Å²) in [6, 6.07) is 11.3. The molecular weight excluding hydrogens is 406 g/mol. The molecule has 3 aromatic rings. The third-order valence-corrected chi connectivity index (χ3v) is 7.33. The van der Waals surface area contributed by atoms with Crippen LogP contribution in [0.15, 0.2) is 48.7 Å². The third-order valence-electron chi connectivity index (χ3n) is 7.03. The Hall–Kier alpha value is -2.24. The van der Waals surface area contributed by atoms with E-state index in [1.165, 1.54) is 23.8 Å². The van der Waals surface area contributed by atoms with Crippen LogP contribution in [0.1, 0.15) is 43.6 Å². The lowest BCUT2D eigenvalue weighted by Crippen LogP contribution is -2.27. The van der Waals surface area contributed by atoms with Crippen molar-refractivity contribution in [3.8, 4) is 0 Å². The minimum Gasteiger partial charge on any atom is -0.374 e. The van der Waals surface area contributed by atoms with Gasteiger partial charge in [0.1, 0.15) is 17.9 Å². The van der Waals surface area contributed by atoms with E-state index in [1.807, 2.05) is 6.07 Å². The Labute approximate surface area is 179 Å². The predicted octanol–water partition coefficient (Wildman–Crippen LogP) is 6.26. The largest absolute Gasteiger partial charge is 0.374 e. The van der Waals surface area contributed by atoms with Gasteiger partial charge in [-0.1, -0.05) is 11.6 Å². The summed E-state index contributed by atoms with van der Waals surface area (Å²) >= 11 is 5.73. The van der Waals surface area contributed by atoms with E-state index in [9.17, 15) is 13.9 Å². The highest BCUT2D eigenvalue weighted by Crippen LogP contribution is 2.64. The number of hydrogen-bond donors (Lipinski definition) is 2. The standard InChI is InChI=1S/C24H23ClF2N2O/c25-20-3-2-16(12-21(20)27)29-23(30)19-13-24(19)8-5-14(6-9-24)17-7-10-28-22-4-1-15(26)11-18(17)22/h1-4,7,10-12,14,19,23,29-30H,5-6,8-9,13H2. The molecule has 6 heteroatoms. The Morgan fingerprint density at radius 1 is 1.10 bits per heavy atom. The summed E-state index contributed by atoms with van der Waals surface area (Å²) in [6.07, 6.45) is 6.12. The molecule has 2 aromatic carbocycles. The van der Waals surface area contributed by atoms with Gasteiger partial charge < -0.3 is 10.4 Å². The van der Waals surface area contributed by atoms with Crippen molar-refractivity contribution in [1.29, 1.82) is 0 Å². The Kier molecular flexibility index (Phi) is 4.91. The maximum atomic E-state index is 13.8. The summed E-state index contributed by atoms with van der Waals surface area (Å²) in [6.45, 7) is 0. The first kappa shape index (κ1) is 19.7. The highest BCUT2D eigenvalue weighted by Gasteiger charge is 2.58. The second-order valence-electron chi connectivity index (χ2n) is 8.73. The van der Waals surface area contributed by atoms with Crippen LogP contribution in [0.25, 0.3) is 10.9 Å². The molecule has 156 valence electrons. The second kappa shape index (κ2) is 7.47. The van der Waals surface area contributed by atoms with Gasteiger partial charge in [0, 0.05) is 23.2 Å². The normalized spacial score (nSPS) is 26.7. The number of nitrogens with one attached hydrogen (secondary N) is 1. The number of rotatable bonds is 4. The number of pyridine rings is 1. The quantitative estimate of drug-likeness (QED) is 0.482. The van der Waals surface area contributed by atoms with Crippen molar-refractivity contribution >= 4 is 28.2 Å². The maximum Gasteiger partial charge on any atom is 0.143 e. The van der Waals surface area contributed by atoms with Crippen LogP contribution in [0.3, 0.4) is 0 Å². The van der Waals surface area contributed by atoms with Crippen molar-refractivity contribution in [2.75, 3.05) is 5.32 Å². The van der Waals surface area contributed by atoms with Crippen LogP contribution in [0.4, 0.5) is 14.5 Å². The molecule has 2 aliphatic rings. The first-order valence-electron chi connectivity index (χ1n) is 10.4. The fourth-order valence-corrected chi connectivity index (χ4v) is 5.37. The van der Waals surface area contributed by atoms with E-state index in [-0.39, 0.29) is 22.2 Å². The molecule has 1 aromatic heterocycles. The number of halogens is 3. The van der Waals surface area contributed by atoms with E-state index in [2.05, 4.69) is 10.3 Å². The molecule has 0 aliphatic heterocycles. The first-order chi connectivity index (χ1) is 14.4. The SMILES string of the molecule is OC(Nc1ccc(Cl)c(F)c1)C1CC12CCC(c1ccnc3ccc(F)cc13)CC2. The van der Waals surface area contributed by atoms with Crippen LogP contribution in [0.5, 0.6) is 0 Å². The van der Waals surface area contributed by atoms with Crippen molar-refractivity contribution in [2.24, 2.45) is 11.3 Å². The Balaban J connectivity index is 1.25. The van der Waals surface area contributed by atoms with Crippen LogP contribution >= 0.6 is 11.6 Å². The lowest BCUT2D eigenvalue weighted by Gasteiger charge is -2.31. The number of anilines is 1. The van der Waals surface area contributed by atoms with E-state index in [4.69, 9.17) is 11.6 Å². The molecule has 2 saturated carbocycles. The monoisotopic (exact) mass is 428 g/mol. The molecule has 1 heterocycles. The van der Waals surface area contributed by atoms with Crippen molar-refractivity contribution < 1.29 is 13.9 Å². The van der Waals surface area contributed by atoms with Gasteiger partial charge >= 0.3 is 0 Å². The van der Waals surface area contributed by atoms with Crippen LogP contribution in [-0.4, -0.2) is 16.3 Å². The summed E-state index contributed by atoms with van der Waals surface area (Å²) < 4.78 is 27.4. The summed E-state index contributed by atoms with van der Waals surface area (Å²) in [5.74, 6) is -0.205. The molecule has 0 saturated heterocycles. The van der Waals surface area contributed by atoms with Gasteiger partial charge in [-0.05, 0) is 91.5 Å². The number of aromatic nitrogens is 1. The highest BCUT2D eigenvalue weighted by molar-refractivity contribution is 6.30. The number of aliphatic hydroxyl groups is 1. The van der Waals surface area contributed by atoms with Crippen LogP contribution in [-0.2, 0) is 0 Å². The van der Waals surface area contributed by atoms with Gasteiger partial charge in [-0.25, -0.2) is 8.78 Å². The molecule has 2 unspecified atom stereocenters. The molecular formula is C24H23ClF2N2O. The molecule has 3 nitrogen and oxygen atoms in total. The summed E-state index contributed by atoms with van der Waals surface area (Å²) in [5, 5.41) is 14.7. The van der Waals surface area contributed by atoms with Crippen molar-refractivity contribution in [1.82, 2.24) is 4.98 Å². The molecule has 0 bridgehead atoms. The smallest absolute Gasteiger partial charge is 0.143 e. The van der Waals surface area contributed by atoms with Crippen LogP contribution in [0, 0.1) is 23.0 Å². The van der Waals surface area contributed by atoms with E-state index >= 15 is 0 Å². The molecule has 30 heavy (non-hydrogen) atoms. The van der Waals surface area contributed by atoms with Gasteiger partial charge in [0.25, 0.3) is 0 Å².